The molecule has 1 aliphatic carbocycles. The molecule has 2 rings (SSSR count). The number of alkyl halides is 1. The van der Waals surface area contributed by atoms with Crippen LogP contribution < -0.4 is 0 Å². The second-order valence-corrected chi connectivity index (χ2v) is 4.71. The predicted molar refractivity (Wildman–Crippen MR) is 66.8 cm³/mol. The molecule has 0 aliphatic heterocycles. The van der Waals surface area contributed by atoms with E-state index in [9.17, 15) is 13.6 Å². The third-order valence-corrected chi connectivity index (χ3v) is 3.29. The standard InChI is InChI=1S/C15H14F2O/c1-10-13(16)8-12(9-15(10,2)17)14(18)11-6-4-3-5-7-11/h3-8H,9H2,1-2H3. The van der Waals surface area contributed by atoms with Gasteiger partial charge in [-0.2, -0.15) is 0 Å². The Kier molecular flexibility index (Phi) is 3.16. The lowest BCUT2D eigenvalue weighted by molar-refractivity contribution is 0.101. The van der Waals surface area contributed by atoms with Gasteiger partial charge in [-0.3, -0.25) is 4.79 Å². The average Bonchev–Trinajstić information content (AvgIpc) is 2.35. The van der Waals surface area contributed by atoms with E-state index in [0.717, 1.165) is 6.08 Å². The van der Waals surface area contributed by atoms with Crippen LogP contribution in [-0.4, -0.2) is 11.5 Å². The van der Waals surface area contributed by atoms with Gasteiger partial charge in [-0.25, -0.2) is 8.78 Å². The van der Waals surface area contributed by atoms with Gasteiger partial charge < -0.3 is 0 Å². The topological polar surface area (TPSA) is 17.1 Å². The fourth-order valence-electron chi connectivity index (χ4n) is 1.97. The van der Waals surface area contributed by atoms with Crippen LogP contribution >= 0.6 is 0 Å². The van der Waals surface area contributed by atoms with Gasteiger partial charge in [0.25, 0.3) is 0 Å². The van der Waals surface area contributed by atoms with Crippen LogP contribution in [0.1, 0.15) is 30.6 Å². The van der Waals surface area contributed by atoms with Crippen molar-refractivity contribution in [2.75, 3.05) is 0 Å². The second-order valence-electron chi connectivity index (χ2n) is 4.71. The lowest BCUT2D eigenvalue weighted by atomic mass is 9.83. The van der Waals surface area contributed by atoms with Gasteiger partial charge in [0.05, 0.1) is 0 Å². The fourth-order valence-corrected chi connectivity index (χ4v) is 1.97. The SMILES string of the molecule is CC1=C(F)C=C(C(=O)c2ccccc2)CC1(C)F. The largest absolute Gasteiger partial charge is 0.289 e. The van der Waals surface area contributed by atoms with Crippen molar-refractivity contribution in [3.8, 4) is 0 Å². The molecule has 0 aromatic heterocycles. The molecule has 1 atom stereocenters. The van der Waals surface area contributed by atoms with Crippen molar-refractivity contribution in [2.45, 2.75) is 25.9 Å². The number of benzene rings is 1. The van der Waals surface area contributed by atoms with E-state index < -0.39 is 11.5 Å². The molecule has 18 heavy (non-hydrogen) atoms. The Labute approximate surface area is 105 Å². The van der Waals surface area contributed by atoms with E-state index in [4.69, 9.17) is 0 Å². The van der Waals surface area contributed by atoms with Crippen molar-refractivity contribution in [3.63, 3.8) is 0 Å². The highest BCUT2D eigenvalue weighted by Gasteiger charge is 2.35. The first-order valence-electron chi connectivity index (χ1n) is 5.78. The summed E-state index contributed by atoms with van der Waals surface area (Å²) >= 11 is 0. The maximum atomic E-state index is 14.2. The first-order chi connectivity index (χ1) is 8.42. The molecule has 0 fully saturated rings. The third-order valence-electron chi connectivity index (χ3n) is 3.29. The summed E-state index contributed by atoms with van der Waals surface area (Å²) in [5, 5.41) is 0. The minimum Gasteiger partial charge on any atom is -0.289 e. The third kappa shape index (κ3) is 2.26. The van der Waals surface area contributed by atoms with Crippen LogP contribution in [0.3, 0.4) is 0 Å². The zero-order valence-electron chi connectivity index (χ0n) is 10.3. The maximum absolute atomic E-state index is 14.2. The van der Waals surface area contributed by atoms with Crippen molar-refractivity contribution < 1.29 is 13.6 Å². The van der Waals surface area contributed by atoms with Gasteiger partial charge in [-0.15, -0.1) is 0 Å². The average molecular weight is 248 g/mol. The smallest absolute Gasteiger partial charge is 0.189 e. The summed E-state index contributed by atoms with van der Waals surface area (Å²) < 4.78 is 27.8. The molecular weight excluding hydrogens is 234 g/mol. The number of ketones is 1. The number of carbonyl (C=O) groups is 1. The first-order valence-corrected chi connectivity index (χ1v) is 5.78. The van der Waals surface area contributed by atoms with Gasteiger partial charge >= 0.3 is 0 Å². The number of Topliss-reactive ketones (excluding diaryl/α,β-unsaturated/α-hetero) is 1. The molecule has 1 aromatic carbocycles. The maximum Gasteiger partial charge on any atom is 0.189 e. The molecule has 0 saturated carbocycles. The molecular formula is C15H14F2O. The molecule has 1 unspecified atom stereocenters. The molecule has 0 heterocycles. The summed E-state index contributed by atoms with van der Waals surface area (Å²) in [5.74, 6) is -0.965. The number of rotatable bonds is 2. The van der Waals surface area contributed by atoms with Gasteiger partial charge in [0.1, 0.15) is 11.5 Å². The molecule has 0 saturated heterocycles. The molecule has 1 nitrogen and oxygen atoms in total. The normalized spacial score (nSPS) is 23.9. The number of hydrogen-bond acceptors (Lipinski definition) is 1. The summed E-state index contributed by atoms with van der Waals surface area (Å²) in [7, 11) is 0. The first kappa shape index (κ1) is 12.7. The minimum atomic E-state index is -1.79. The molecule has 1 aromatic rings. The summed E-state index contributed by atoms with van der Waals surface area (Å²) in [6.07, 6.45) is 1.06. The zero-order chi connectivity index (χ0) is 13.3. The van der Waals surface area contributed by atoms with E-state index in [1.54, 1.807) is 30.3 Å². The summed E-state index contributed by atoms with van der Waals surface area (Å²) in [4.78, 5) is 12.1. The lowest BCUT2D eigenvalue weighted by Gasteiger charge is -2.26. The van der Waals surface area contributed by atoms with E-state index in [1.807, 2.05) is 0 Å². The Morgan fingerprint density at radius 2 is 1.89 bits per heavy atom. The van der Waals surface area contributed by atoms with Gasteiger partial charge in [0.2, 0.25) is 0 Å². The quantitative estimate of drug-likeness (QED) is 0.718. The number of hydrogen-bond donors (Lipinski definition) is 0. The predicted octanol–water partition coefficient (Wildman–Crippen LogP) is 4.17. The monoisotopic (exact) mass is 248 g/mol. The zero-order valence-corrected chi connectivity index (χ0v) is 10.3. The van der Waals surface area contributed by atoms with Crippen LogP contribution in [0.2, 0.25) is 0 Å². The van der Waals surface area contributed by atoms with Crippen molar-refractivity contribution in [3.05, 3.63) is 58.9 Å². The van der Waals surface area contributed by atoms with Crippen molar-refractivity contribution in [1.29, 1.82) is 0 Å². The highest BCUT2D eigenvalue weighted by molar-refractivity contribution is 6.09. The Balaban J connectivity index is 2.37. The van der Waals surface area contributed by atoms with Crippen LogP contribution in [0.4, 0.5) is 8.78 Å². The summed E-state index contributed by atoms with van der Waals surface area (Å²) in [6, 6.07) is 8.52. The van der Waals surface area contributed by atoms with Crippen molar-refractivity contribution >= 4 is 5.78 Å². The van der Waals surface area contributed by atoms with E-state index in [2.05, 4.69) is 0 Å². The van der Waals surface area contributed by atoms with Crippen LogP contribution in [0.5, 0.6) is 0 Å². The van der Waals surface area contributed by atoms with Crippen LogP contribution in [0.25, 0.3) is 0 Å². The van der Waals surface area contributed by atoms with E-state index in [1.165, 1.54) is 13.8 Å². The van der Waals surface area contributed by atoms with E-state index >= 15 is 0 Å². The van der Waals surface area contributed by atoms with Crippen molar-refractivity contribution in [1.82, 2.24) is 0 Å². The van der Waals surface area contributed by atoms with Gasteiger partial charge in [0, 0.05) is 17.6 Å². The Morgan fingerprint density at radius 3 is 2.44 bits per heavy atom. The van der Waals surface area contributed by atoms with Gasteiger partial charge in [0.15, 0.2) is 5.78 Å². The van der Waals surface area contributed by atoms with E-state index in [-0.39, 0.29) is 23.4 Å². The highest BCUT2D eigenvalue weighted by Crippen LogP contribution is 2.37. The minimum absolute atomic E-state index is 0.0483. The molecule has 3 heteroatoms. The summed E-state index contributed by atoms with van der Waals surface area (Å²) in [6.45, 7) is 2.71. The van der Waals surface area contributed by atoms with Crippen LogP contribution in [-0.2, 0) is 0 Å². The molecule has 0 spiro atoms. The number of halogens is 2. The Hall–Kier alpha value is -1.77. The lowest BCUT2D eigenvalue weighted by Crippen LogP contribution is -2.26. The van der Waals surface area contributed by atoms with Gasteiger partial charge in [-0.05, 0) is 25.5 Å². The molecule has 0 bridgehead atoms. The molecule has 0 N–H and O–H groups in total. The fraction of sp³-hybridized carbons (Fsp3) is 0.267. The molecule has 94 valence electrons. The van der Waals surface area contributed by atoms with E-state index in [0.29, 0.717) is 5.56 Å². The highest BCUT2D eigenvalue weighted by atomic mass is 19.1. The second kappa shape index (κ2) is 4.48. The summed E-state index contributed by atoms with van der Waals surface area (Å²) in [5.41, 5.74) is -1.12. The van der Waals surface area contributed by atoms with Crippen LogP contribution in [0.15, 0.2) is 53.4 Å². The number of allylic oxidation sites excluding steroid dienone is 4. The van der Waals surface area contributed by atoms with Gasteiger partial charge in [-0.1, -0.05) is 30.3 Å². The molecule has 1 aliphatic rings. The number of carbonyl (C=O) groups excluding carboxylic acids is 1. The van der Waals surface area contributed by atoms with Crippen molar-refractivity contribution in [2.24, 2.45) is 0 Å². The molecule has 0 amide bonds. The molecule has 0 radical (unpaired) electrons. The Bertz CT molecular complexity index is 539. The Morgan fingerprint density at radius 1 is 1.28 bits per heavy atom. The van der Waals surface area contributed by atoms with Crippen LogP contribution in [0, 0.1) is 0 Å².